The highest BCUT2D eigenvalue weighted by Gasteiger charge is 2.32. The number of rotatable bonds is 10. The molecular weight excluding hydrogens is 722 g/mol. The number of benzene rings is 2. The Hall–Kier alpha value is -3.08. The summed E-state index contributed by atoms with van der Waals surface area (Å²) in [6.07, 6.45) is 1.53. The molecule has 0 saturated carbocycles. The van der Waals surface area contributed by atoms with Crippen LogP contribution in [0.5, 0.6) is 17.2 Å². The van der Waals surface area contributed by atoms with E-state index in [9.17, 15) is 14.4 Å². The van der Waals surface area contributed by atoms with Crippen LogP contribution in [0.1, 0.15) is 31.0 Å². The Kier molecular flexibility index (Phi) is 10.6. The Bertz CT molecular complexity index is 1270. The monoisotopic (exact) mass is 748 g/mol. The lowest BCUT2D eigenvalue weighted by atomic mass is 9.95. The zero-order valence-electron chi connectivity index (χ0n) is 21.0. The first-order valence-electron chi connectivity index (χ1n) is 11.3. The number of hydrazone groups is 1. The number of amides is 3. The Morgan fingerprint density at radius 2 is 1.82 bits per heavy atom. The molecule has 0 bridgehead atoms. The van der Waals surface area contributed by atoms with E-state index >= 15 is 0 Å². The van der Waals surface area contributed by atoms with E-state index in [-0.39, 0.29) is 18.8 Å². The number of nitrogens with one attached hydrogen (secondary N) is 3. The molecular formula is C25H26I2N4O7. The van der Waals surface area contributed by atoms with Gasteiger partial charge in [0.05, 0.1) is 45.8 Å². The molecule has 0 spiro atoms. The maximum absolute atomic E-state index is 12.5. The molecule has 3 amide bonds. The maximum Gasteiger partial charge on any atom is 0.338 e. The number of ether oxygens (including phenoxy) is 4. The highest BCUT2D eigenvalue weighted by molar-refractivity contribution is 14.1. The van der Waals surface area contributed by atoms with Gasteiger partial charge in [0.15, 0.2) is 18.1 Å². The lowest BCUT2D eigenvalue weighted by Crippen LogP contribution is -2.45. The van der Waals surface area contributed by atoms with Crippen LogP contribution in [-0.4, -0.2) is 51.6 Å². The molecule has 0 saturated heterocycles. The van der Waals surface area contributed by atoms with Gasteiger partial charge < -0.3 is 29.6 Å². The van der Waals surface area contributed by atoms with Gasteiger partial charge in [0, 0.05) is 5.70 Å². The normalized spacial score (nSPS) is 15.0. The molecule has 38 heavy (non-hydrogen) atoms. The molecule has 2 aromatic rings. The molecule has 0 aliphatic carbocycles. The fraction of sp³-hybridized carbons (Fsp3) is 0.280. The molecule has 0 fully saturated rings. The van der Waals surface area contributed by atoms with Crippen molar-refractivity contribution in [3.05, 3.63) is 59.9 Å². The SMILES string of the molecule is CCOC(=O)C1=C(C)NC(=O)N[C@H]1c1ccc(OCC(=O)N/N=C\c2cc(I)c(OC)c(I)c2)c(OC)c1. The Morgan fingerprint density at radius 3 is 2.45 bits per heavy atom. The predicted octanol–water partition coefficient (Wildman–Crippen LogP) is 3.63. The number of carbonyl (C=O) groups is 3. The minimum absolute atomic E-state index is 0.192. The van der Waals surface area contributed by atoms with E-state index in [0.29, 0.717) is 22.8 Å². The van der Waals surface area contributed by atoms with E-state index in [1.165, 1.54) is 13.3 Å². The lowest BCUT2D eigenvalue weighted by Gasteiger charge is -2.28. The van der Waals surface area contributed by atoms with E-state index in [0.717, 1.165) is 18.5 Å². The van der Waals surface area contributed by atoms with Gasteiger partial charge in [-0.3, -0.25) is 4.79 Å². The van der Waals surface area contributed by atoms with Crippen LogP contribution in [0.3, 0.4) is 0 Å². The lowest BCUT2D eigenvalue weighted by molar-refractivity contribution is -0.139. The second kappa shape index (κ2) is 13.6. The molecule has 0 aromatic heterocycles. The molecule has 1 heterocycles. The van der Waals surface area contributed by atoms with E-state index in [4.69, 9.17) is 18.9 Å². The topological polar surface area (TPSA) is 137 Å². The molecule has 1 aliphatic heterocycles. The third-order valence-corrected chi connectivity index (χ3v) is 6.87. The van der Waals surface area contributed by atoms with Crippen LogP contribution in [0.15, 0.2) is 46.7 Å². The molecule has 0 unspecified atom stereocenters. The first kappa shape index (κ1) is 29.5. The van der Waals surface area contributed by atoms with Crippen LogP contribution in [0.2, 0.25) is 0 Å². The number of allylic oxidation sites excluding steroid dienone is 1. The van der Waals surface area contributed by atoms with Gasteiger partial charge in [0.2, 0.25) is 0 Å². The molecule has 2 aromatic carbocycles. The van der Waals surface area contributed by atoms with Gasteiger partial charge in [0.25, 0.3) is 5.91 Å². The molecule has 11 nitrogen and oxygen atoms in total. The van der Waals surface area contributed by atoms with Crippen LogP contribution in [0.4, 0.5) is 4.79 Å². The first-order valence-corrected chi connectivity index (χ1v) is 13.4. The van der Waals surface area contributed by atoms with Crippen LogP contribution < -0.4 is 30.3 Å². The van der Waals surface area contributed by atoms with Crippen molar-refractivity contribution in [2.75, 3.05) is 27.4 Å². The standard InChI is InChI=1S/C25H26I2N4O7/c1-5-37-24(33)21-13(2)29-25(34)30-22(21)15-6-7-18(19(10-15)35-3)38-12-20(32)31-28-11-14-8-16(26)23(36-4)17(27)9-14/h6-11,22H,5,12H2,1-4H3,(H,31,32)(H2,29,30,34)/b28-11-/t22-/m0/s1. The summed E-state index contributed by atoms with van der Waals surface area (Å²) in [5.41, 5.74) is 4.47. The third-order valence-electron chi connectivity index (χ3n) is 5.27. The number of carbonyl (C=O) groups excluding carboxylic acids is 3. The van der Waals surface area contributed by atoms with Gasteiger partial charge in [-0.1, -0.05) is 6.07 Å². The summed E-state index contributed by atoms with van der Waals surface area (Å²) in [4.78, 5) is 36.9. The van der Waals surface area contributed by atoms with Crippen molar-refractivity contribution in [3.63, 3.8) is 0 Å². The Morgan fingerprint density at radius 1 is 1.11 bits per heavy atom. The van der Waals surface area contributed by atoms with Crippen molar-refractivity contribution in [2.45, 2.75) is 19.9 Å². The summed E-state index contributed by atoms with van der Waals surface area (Å²) < 4.78 is 23.4. The minimum Gasteiger partial charge on any atom is -0.495 e. The average molecular weight is 748 g/mol. The Labute approximate surface area is 247 Å². The minimum atomic E-state index is -0.757. The molecule has 202 valence electrons. The average Bonchev–Trinajstić information content (AvgIpc) is 2.86. The van der Waals surface area contributed by atoms with E-state index < -0.39 is 23.9 Å². The summed E-state index contributed by atoms with van der Waals surface area (Å²) in [6.45, 7) is 3.21. The van der Waals surface area contributed by atoms with E-state index in [1.807, 2.05) is 12.1 Å². The molecule has 3 rings (SSSR count). The van der Waals surface area contributed by atoms with Crippen LogP contribution >= 0.6 is 45.2 Å². The third kappa shape index (κ3) is 7.27. The zero-order chi connectivity index (χ0) is 27.8. The summed E-state index contributed by atoms with van der Waals surface area (Å²) in [5.74, 6) is 0.381. The maximum atomic E-state index is 12.5. The second-order valence-corrected chi connectivity index (χ2v) is 10.1. The number of urea groups is 1. The van der Waals surface area contributed by atoms with Crippen LogP contribution in [0, 0.1) is 7.14 Å². The fourth-order valence-corrected chi connectivity index (χ4v) is 5.87. The molecule has 1 atom stereocenters. The van der Waals surface area contributed by atoms with Gasteiger partial charge in [-0.2, -0.15) is 5.10 Å². The van der Waals surface area contributed by atoms with E-state index in [1.54, 1.807) is 39.2 Å². The Balaban J connectivity index is 1.68. The highest BCUT2D eigenvalue weighted by atomic mass is 127. The van der Waals surface area contributed by atoms with Gasteiger partial charge in [-0.25, -0.2) is 15.0 Å². The smallest absolute Gasteiger partial charge is 0.338 e. The summed E-state index contributed by atoms with van der Waals surface area (Å²) >= 11 is 4.34. The number of methoxy groups -OCH3 is 2. The van der Waals surface area contributed by atoms with Crippen molar-refractivity contribution in [1.82, 2.24) is 16.1 Å². The fourth-order valence-electron chi connectivity index (χ4n) is 3.61. The molecule has 13 heteroatoms. The van der Waals surface area contributed by atoms with Crippen molar-refractivity contribution in [2.24, 2.45) is 5.10 Å². The second-order valence-electron chi connectivity index (χ2n) is 7.80. The van der Waals surface area contributed by atoms with Crippen molar-refractivity contribution >= 4 is 69.3 Å². The summed E-state index contributed by atoms with van der Waals surface area (Å²) in [7, 11) is 3.06. The van der Waals surface area contributed by atoms with Gasteiger partial charge >= 0.3 is 12.0 Å². The van der Waals surface area contributed by atoms with Gasteiger partial charge in [-0.15, -0.1) is 0 Å². The molecule has 0 radical (unpaired) electrons. The van der Waals surface area contributed by atoms with Crippen LogP contribution in [0.25, 0.3) is 0 Å². The number of esters is 1. The first-order chi connectivity index (χ1) is 18.2. The predicted molar refractivity (Wildman–Crippen MR) is 156 cm³/mol. The number of halogens is 2. The quantitative estimate of drug-likeness (QED) is 0.146. The zero-order valence-corrected chi connectivity index (χ0v) is 25.3. The van der Waals surface area contributed by atoms with Crippen molar-refractivity contribution < 1.29 is 33.3 Å². The van der Waals surface area contributed by atoms with E-state index in [2.05, 4.69) is 66.3 Å². The van der Waals surface area contributed by atoms with Gasteiger partial charge in [0.1, 0.15) is 5.75 Å². The summed E-state index contributed by atoms with van der Waals surface area (Å²) in [5, 5.41) is 9.30. The van der Waals surface area contributed by atoms with Crippen LogP contribution in [-0.2, 0) is 14.3 Å². The van der Waals surface area contributed by atoms with Crippen molar-refractivity contribution in [3.8, 4) is 17.2 Å². The number of hydrogen-bond acceptors (Lipinski definition) is 8. The number of nitrogens with zero attached hydrogens (tertiary/aromatic N) is 1. The highest BCUT2D eigenvalue weighted by Crippen LogP contribution is 2.34. The number of hydrogen-bond donors (Lipinski definition) is 3. The summed E-state index contributed by atoms with van der Waals surface area (Å²) in [6, 6.07) is 7.45. The van der Waals surface area contributed by atoms with Gasteiger partial charge in [-0.05, 0) is 94.4 Å². The molecule has 1 aliphatic rings. The molecule has 3 N–H and O–H groups in total. The largest absolute Gasteiger partial charge is 0.495 e. The van der Waals surface area contributed by atoms with Crippen molar-refractivity contribution in [1.29, 1.82) is 0 Å².